The Hall–Kier alpha value is -0.0800. The summed E-state index contributed by atoms with van der Waals surface area (Å²) in [6.07, 6.45) is 4.70. The molecule has 0 aromatic rings. The Balaban J connectivity index is 2.28. The molecule has 1 heterocycles. The molecule has 1 fully saturated rings. The SMILES string of the molecule is C[C@H]1CCCCCNC1O. The van der Waals surface area contributed by atoms with Crippen LogP contribution in [0.3, 0.4) is 0 Å². The van der Waals surface area contributed by atoms with Gasteiger partial charge >= 0.3 is 0 Å². The standard InChI is InChI=1S/C8H17NO/c1-7-5-3-2-4-6-9-8(7)10/h7-10H,2-6H2,1H3/t7-,8?/m0/s1. The van der Waals surface area contributed by atoms with Crippen molar-refractivity contribution in [3.8, 4) is 0 Å². The zero-order valence-corrected chi connectivity index (χ0v) is 6.64. The number of aliphatic hydroxyl groups is 1. The molecular formula is C8H17NO. The Morgan fingerprint density at radius 2 is 2.10 bits per heavy atom. The average molecular weight is 143 g/mol. The maximum absolute atomic E-state index is 9.37. The van der Waals surface area contributed by atoms with Gasteiger partial charge in [-0.1, -0.05) is 19.8 Å². The summed E-state index contributed by atoms with van der Waals surface area (Å²) in [6.45, 7) is 3.08. The van der Waals surface area contributed by atoms with Gasteiger partial charge in [0.05, 0.1) is 0 Å². The highest BCUT2D eigenvalue weighted by Crippen LogP contribution is 2.14. The Bertz CT molecular complexity index is 83.3. The van der Waals surface area contributed by atoms with Crippen molar-refractivity contribution in [3.63, 3.8) is 0 Å². The second kappa shape index (κ2) is 3.94. The normalized spacial score (nSPS) is 36.6. The van der Waals surface area contributed by atoms with Crippen molar-refractivity contribution in [2.75, 3.05) is 6.54 Å². The lowest BCUT2D eigenvalue weighted by Crippen LogP contribution is -2.36. The molecule has 10 heavy (non-hydrogen) atoms. The van der Waals surface area contributed by atoms with Gasteiger partial charge in [-0.15, -0.1) is 0 Å². The molecule has 0 saturated carbocycles. The fourth-order valence-electron chi connectivity index (χ4n) is 1.38. The molecule has 0 spiro atoms. The van der Waals surface area contributed by atoms with Crippen molar-refractivity contribution >= 4 is 0 Å². The lowest BCUT2D eigenvalue weighted by atomic mass is 9.99. The van der Waals surface area contributed by atoms with Gasteiger partial charge in [0.15, 0.2) is 0 Å². The van der Waals surface area contributed by atoms with E-state index >= 15 is 0 Å². The predicted molar refractivity (Wildman–Crippen MR) is 41.6 cm³/mol. The third kappa shape index (κ3) is 2.27. The Labute approximate surface area is 62.6 Å². The monoisotopic (exact) mass is 143 g/mol. The molecule has 2 atom stereocenters. The third-order valence-electron chi connectivity index (χ3n) is 2.23. The fourth-order valence-corrected chi connectivity index (χ4v) is 1.38. The smallest absolute Gasteiger partial charge is 0.107 e. The molecule has 0 amide bonds. The Morgan fingerprint density at radius 1 is 1.30 bits per heavy atom. The van der Waals surface area contributed by atoms with Gasteiger partial charge < -0.3 is 5.11 Å². The van der Waals surface area contributed by atoms with E-state index in [-0.39, 0.29) is 6.23 Å². The average Bonchev–Trinajstić information content (AvgIpc) is 1.92. The largest absolute Gasteiger partial charge is 0.378 e. The van der Waals surface area contributed by atoms with Gasteiger partial charge in [0, 0.05) is 0 Å². The van der Waals surface area contributed by atoms with Gasteiger partial charge in [-0.2, -0.15) is 0 Å². The van der Waals surface area contributed by atoms with Crippen LogP contribution >= 0.6 is 0 Å². The molecule has 1 saturated heterocycles. The first-order valence-corrected chi connectivity index (χ1v) is 4.22. The summed E-state index contributed by atoms with van der Waals surface area (Å²) in [7, 11) is 0. The van der Waals surface area contributed by atoms with E-state index in [2.05, 4.69) is 12.2 Å². The van der Waals surface area contributed by atoms with E-state index in [4.69, 9.17) is 0 Å². The molecule has 1 aliphatic rings. The van der Waals surface area contributed by atoms with Crippen LogP contribution in [0.25, 0.3) is 0 Å². The van der Waals surface area contributed by atoms with Crippen molar-refractivity contribution in [3.05, 3.63) is 0 Å². The molecule has 0 radical (unpaired) electrons. The lowest BCUT2D eigenvalue weighted by molar-refractivity contribution is 0.0717. The van der Waals surface area contributed by atoms with Crippen molar-refractivity contribution in [1.82, 2.24) is 5.32 Å². The van der Waals surface area contributed by atoms with Crippen molar-refractivity contribution in [1.29, 1.82) is 0 Å². The second-order valence-corrected chi connectivity index (χ2v) is 3.23. The molecule has 2 nitrogen and oxygen atoms in total. The Morgan fingerprint density at radius 3 is 2.90 bits per heavy atom. The third-order valence-corrected chi connectivity index (χ3v) is 2.23. The molecular weight excluding hydrogens is 126 g/mol. The highest BCUT2D eigenvalue weighted by atomic mass is 16.3. The Kier molecular flexibility index (Phi) is 3.16. The van der Waals surface area contributed by atoms with E-state index < -0.39 is 0 Å². The zero-order chi connectivity index (χ0) is 7.40. The summed E-state index contributed by atoms with van der Waals surface area (Å²) in [4.78, 5) is 0. The fraction of sp³-hybridized carbons (Fsp3) is 1.00. The van der Waals surface area contributed by atoms with E-state index in [0.717, 1.165) is 13.0 Å². The number of aliphatic hydroxyl groups excluding tert-OH is 1. The summed E-state index contributed by atoms with van der Waals surface area (Å²) in [5.41, 5.74) is 0. The first-order valence-electron chi connectivity index (χ1n) is 4.22. The van der Waals surface area contributed by atoms with Crippen molar-refractivity contribution < 1.29 is 5.11 Å². The molecule has 2 N–H and O–H groups in total. The van der Waals surface area contributed by atoms with E-state index in [1.165, 1.54) is 19.3 Å². The molecule has 1 unspecified atom stereocenters. The molecule has 0 aliphatic carbocycles. The van der Waals surface area contributed by atoms with Crippen LogP contribution in [0.2, 0.25) is 0 Å². The first-order chi connectivity index (χ1) is 4.80. The molecule has 0 aromatic heterocycles. The molecule has 2 heteroatoms. The zero-order valence-electron chi connectivity index (χ0n) is 6.64. The van der Waals surface area contributed by atoms with Gasteiger partial charge in [-0.05, 0) is 25.3 Å². The van der Waals surface area contributed by atoms with Gasteiger partial charge in [-0.25, -0.2) is 0 Å². The summed E-state index contributed by atoms with van der Waals surface area (Å²) in [5.74, 6) is 0.431. The van der Waals surface area contributed by atoms with Gasteiger partial charge in [0.25, 0.3) is 0 Å². The minimum absolute atomic E-state index is 0.264. The highest BCUT2D eigenvalue weighted by Gasteiger charge is 2.14. The minimum Gasteiger partial charge on any atom is -0.378 e. The number of nitrogens with one attached hydrogen (secondary N) is 1. The van der Waals surface area contributed by atoms with Crippen LogP contribution in [0.15, 0.2) is 0 Å². The molecule has 0 aromatic carbocycles. The van der Waals surface area contributed by atoms with E-state index in [1.807, 2.05) is 0 Å². The van der Waals surface area contributed by atoms with Crippen LogP contribution in [-0.2, 0) is 0 Å². The second-order valence-electron chi connectivity index (χ2n) is 3.23. The van der Waals surface area contributed by atoms with Crippen LogP contribution < -0.4 is 5.32 Å². The van der Waals surface area contributed by atoms with Gasteiger partial charge in [0.1, 0.15) is 6.23 Å². The summed E-state index contributed by atoms with van der Waals surface area (Å²) in [6, 6.07) is 0. The maximum Gasteiger partial charge on any atom is 0.107 e. The van der Waals surface area contributed by atoms with Crippen LogP contribution in [0, 0.1) is 5.92 Å². The molecule has 0 bridgehead atoms. The quantitative estimate of drug-likeness (QED) is 0.532. The maximum atomic E-state index is 9.37. The van der Waals surface area contributed by atoms with E-state index in [1.54, 1.807) is 0 Å². The summed E-state index contributed by atoms with van der Waals surface area (Å²) in [5, 5.41) is 12.5. The molecule has 1 aliphatic heterocycles. The van der Waals surface area contributed by atoms with Crippen LogP contribution in [-0.4, -0.2) is 17.9 Å². The molecule has 1 rings (SSSR count). The van der Waals surface area contributed by atoms with Crippen LogP contribution in [0.5, 0.6) is 0 Å². The number of rotatable bonds is 0. The van der Waals surface area contributed by atoms with Gasteiger partial charge in [0.2, 0.25) is 0 Å². The summed E-state index contributed by atoms with van der Waals surface area (Å²) < 4.78 is 0. The number of hydrogen-bond donors (Lipinski definition) is 2. The lowest BCUT2D eigenvalue weighted by Gasteiger charge is -2.22. The predicted octanol–water partition coefficient (Wildman–Crippen LogP) is 1.10. The van der Waals surface area contributed by atoms with E-state index in [0.29, 0.717) is 5.92 Å². The highest BCUT2D eigenvalue weighted by molar-refractivity contribution is 4.65. The van der Waals surface area contributed by atoms with Crippen molar-refractivity contribution in [2.24, 2.45) is 5.92 Å². The van der Waals surface area contributed by atoms with E-state index in [9.17, 15) is 5.11 Å². The van der Waals surface area contributed by atoms with Crippen LogP contribution in [0.1, 0.15) is 32.6 Å². The number of hydrogen-bond acceptors (Lipinski definition) is 2. The summed E-state index contributed by atoms with van der Waals surface area (Å²) >= 11 is 0. The first kappa shape index (κ1) is 8.02. The topological polar surface area (TPSA) is 32.3 Å². The van der Waals surface area contributed by atoms with Crippen LogP contribution in [0.4, 0.5) is 0 Å². The molecule has 60 valence electrons. The van der Waals surface area contributed by atoms with Gasteiger partial charge in [-0.3, -0.25) is 5.32 Å². The minimum atomic E-state index is -0.264. The van der Waals surface area contributed by atoms with Crippen molar-refractivity contribution in [2.45, 2.75) is 38.8 Å².